The number of hydrogen-bond acceptors (Lipinski definition) is 4. The van der Waals surface area contributed by atoms with Crippen molar-refractivity contribution in [3.63, 3.8) is 0 Å². The summed E-state index contributed by atoms with van der Waals surface area (Å²) in [6.45, 7) is 0.165. The second-order valence-electron chi connectivity index (χ2n) is 6.46. The molecule has 0 aliphatic heterocycles. The molecule has 29 heavy (non-hydrogen) atoms. The van der Waals surface area contributed by atoms with Gasteiger partial charge in [-0.25, -0.2) is 9.37 Å². The van der Waals surface area contributed by atoms with E-state index >= 15 is 0 Å². The quantitative estimate of drug-likeness (QED) is 0.570. The van der Waals surface area contributed by atoms with Gasteiger partial charge in [-0.2, -0.15) is 0 Å². The van der Waals surface area contributed by atoms with E-state index in [9.17, 15) is 14.0 Å². The van der Waals surface area contributed by atoms with E-state index in [2.05, 4.69) is 15.3 Å². The van der Waals surface area contributed by atoms with E-state index in [1.807, 2.05) is 6.07 Å². The van der Waals surface area contributed by atoms with Crippen LogP contribution in [0, 0.1) is 5.82 Å². The molecule has 1 amide bonds. The maximum Gasteiger partial charge on any atom is 0.265 e. The fourth-order valence-corrected chi connectivity index (χ4v) is 3.08. The number of carbonyl (C=O) groups excluding carboxylic acids is 1. The van der Waals surface area contributed by atoms with Crippen molar-refractivity contribution in [1.29, 1.82) is 0 Å². The van der Waals surface area contributed by atoms with Crippen LogP contribution in [-0.4, -0.2) is 20.4 Å². The summed E-state index contributed by atoms with van der Waals surface area (Å²) in [5.74, 6) is -0.942. The molecule has 3 aromatic heterocycles. The van der Waals surface area contributed by atoms with Crippen molar-refractivity contribution >= 4 is 16.9 Å². The minimum atomic E-state index is -0.530. The lowest BCUT2D eigenvalue weighted by Gasteiger charge is -2.13. The number of aromatic nitrogens is 3. The average molecular weight is 388 g/mol. The summed E-state index contributed by atoms with van der Waals surface area (Å²) >= 11 is 0. The molecule has 0 spiro atoms. The SMILES string of the molecule is O=C(NCc1ccccn1)c1cc2cccnc2n(Cc2ccccc2F)c1=O. The standard InChI is InChI=1S/C22H17FN4O2/c23-19-9-2-1-6-16(19)14-27-20-15(7-5-11-25-20)12-18(22(27)29)21(28)26-13-17-8-3-4-10-24-17/h1-12H,13-14H2,(H,26,28). The van der Waals surface area contributed by atoms with Crippen LogP contribution in [0.15, 0.2) is 77.9 Å². The highest BCUT2D eigenvalue weighted by molar-refractivity contribution is 5.96. The highest BCUT2D eigenvalue weighted by atomic mass is 19.1. The van der Waals surface area contributed by atoms with E-state index in [1.54, 1.807) is 54.9 Å². The first-order valence-electron chi connectivity index (χ1n) is 9.03. The number of nitrogens with one attached hydrogen (secondary N) is 1. The van der Waals surface area contributed by atoms with Crippen LogP contribution in [-0.2, 0) is 13.1 Å². The van der Waals surface area contributed by atoms with E-state index in [0.717, 1.165) is 0 Å². The van der Waals surface area contributed by atoms with Gasteiger partial charge < -0.3 is 5.32 Å². The minimum absolute atomic E-state index is 0.0274. The third kappa shape index (κ3) is 3.89. The number of pyridine rings is 3. The first kappa shape index (κ1) is 18.5. The zero-order chi connectivity index (χ0) is 20.2. The predicted molar refractivity (Wildman–Crippen MR) is 107 cm³/mol. The largest absolute Gasteiger partial charge is 0.346 e. The molecule has 7 heteroatoms. The summed E-state index contributed by atoms with van der Waals surface area (Å²) in [5.41, 5.74) is 0.848. The van der Waals surface area contributed by atoms with Crippen LogP contribution in [0.4, 0.5) is 4.39 Å². The lowest BCUT2D eigenvalue weighted by Crippen LogP contribution is -2.33. The summed E-state index contributed by atoms with van der Waals surface area (Å²) < 4.78 is 15.5. The van der Waals surface area contributed by atoms with Crippen LogP contribution in [0.3, 0.4) is 0 Å². The summed E-state index contributed by atoms with van der Waals surface area (Å²) in [5, 5.41) is 3.33. The Morgan fingerprint density at radius 1 is 1.00 bits per heavy atom. The first-order valence-corrected chi connectivity index (χ1v) is 9.03. The molecule has 0 atom stereocenters. The summed E-state index contributed by atoms with van der Waals surface area (Å²) in [4.78, 5) is 34.2. The third-order valence-corrected chi connectivity index (χ3v) is 4.54. The van der Waals surface area contributed by atoms with Gasteiger partial charge in [-0.1, -0.05) is 24.3 Å². The zero-order valence-electron chi connectivity index (χ0n) is 15.4. The summed E-state index contributed by atoms with van der Waals surface area (Å²) in [6.07, 6.45) is 3.19. The normalized spacial score (nSPS) is 10.8. The van der Waals surface area contributed by atoms with Crippen LogP contribution in [0.25, 0.3) is 11.0 Å². The topological polar surface area (TPSA) is 76.9 Å². The smallest absolute Gasteiger partial charge is 0.265 e. The molecule has 0 unspecified atom stereocenters. The maximum absolute atomic E-state index is 14.2. The number of halogens is 1. The van der Waals surface area contributed by atoms with Crippen LogP contribution in [0.5, 0.6) is 0 Å². The molecule has 0 saturated carbocycles. The van der Waals surface area contributed by atoms with Crippen LogP contribution in [0.1, 0.15) is 21.6 Å². The van der Waals surface area contributed by atoms with Crippen molar-refractivity contribution in [2.45, 2.75) is 13.1 Å². The lowest BCUT2D eigenvalue weighted by molar-refractivity contribution is 0.0948. The molecular weight excluding hydrogens is 371 g/mol. The number of hydrogen-bond donors (Lipinski definition) is 1. The molecule has 4 rings (SSSR count). The van der Waals surface area contributed by atoms with Gasteiger partial charge in [-0.15, -0.1) is 0 Å². The maximum atomic E-state index is 14.2. The molecule has 144 valence electrons. The summed E-state index contributed by atoms with van der Waals surface area (Å²) in [6, 6.07) is 16.6. The van der Waals surface area contributed by atoms with E-state index in [0.29, 0.717) is 22.3 Å². The van der Waals surface area contributed by atoms with Gasteiger partial charge in [0.2, 0.25) is 0 Å². The Balaban J connectivity index is 1.73. The number of benzene rings is 1. The molecule has 0 bridgehead atoms. The second-order valence-corrected chi connectivity index (χ2v) is 6.46. The fourth-order valence-electron chi connectivity index (χ4n) is 3.08. The van der Waals surface area contributed by atoms with Crippen molar-refractivity contribution in [3.05, 3.63) is 106 Å². The summed E-state index contributed by atoms with van der Waals surface area (Å²) in [7, 11) is 0. The van der Waals surface area contributed by atoms with Gasteiger partial charge in [-0.3, -0.25) is 19.1 Å². The molecule has 0 saturated heterocycles. The highest BCUT2D eigenvalue weighted by Crippen LogP contribution is 2.14. The van der Waals surface area contributed by atoms with Crippen molar-refractivity contribution in [2.75, 3.05) is 0 Å². The minimum Gasteiger partial charge on any atom is -0.346 e. The number of amides is 1. The monoisotopic (exact) mass is 388 g/mol. The molecule has 4 aromatic rings. The Bertz CT molecular complexity index is 1240. The van der Waals surface area contributed by atoms with Crippen LogP contribution >= 0.6 is 0 Å². The van der Waals surface area contributed by atoms with Crippen molar-refractivity contribution in [3.8, 4) is 0 Å². The number of nitrogens with zero attached hydrogens (tertiary/aromatic N) is 3. The Morgan fingerprint density at radius 3 is 2.59 bits per heavy atom. The molecule has 6 nitrogen and oxygen atoms in total. The number of carbonyl (C=O) groups is 1. The second kappa shape index (κ2) is 8.02. The molecule has 0 radical (unpaired) electrons. The fraction of sp³-hybridized carbons (Fsp3) is 0.0909. The average Bonchev–Trinajstić information content (AvgIpc) is 2.76. The highest BCUT2D eigenvalue weighted by Gasteiger charge is 2.17. The van der Waals surface area contributed by atoms with E-state index in [1.165, 1.54) is 16.7 Å². The van der Waals surface area contributed by atoms with Crippen LogP contribution < -0.4 is 10.9 Å². The lowest BCUT2D eigenvalue weighted by atomic mass is 10.1. The molecule has 0 aliphatic carbocycles. The van der Waals surface area contributed by atoms with Gasteiger partial charge in [0.1, 0.15) is 17.0 Å². The molecular formula is C22H17FN4O2. The molecule has 0 fully saturated rings. The van der Waals surface area contributed by atoms with Crippen molar-refractivity contribution in [2.24, 2.45) is 0 Å². The Labute approximate surface area is 165 Å². The number of rotatable bonds is 5. The number of fused-ring (bicyclic) bond motifs is 1. The third-order valence-electron chi connectivity index (χ3n) is 4.54. The van der Waals surface area contributed by atoms with Crippen molar-refractivity contribution in [1.82, 2.24) is 19.9 Å². The molecule has 0 aliphatic rings. The van der Waals surface area contributed by atoms with Gasteiger partial charge in [0, 0.05) is 23.3 Å². The Kier molecular flexibility index (Phi) is 5.11. The predicted octanol–water partition coefficient (Wildman–Crippen LogP) is 2.91. The van der Waals surface area contributed by atoms with Crippen LogP contribution in [0.2, 0.25) is 0 Å². The van der Waals surface area contributed by atoms with Crippen molar-refractivity contribution < 1.29 is 9.18 Å². The Hall–Kier alpha value is -3.87. The van der Waals surface area contributed by atoms with Gasteiger partial charge >= 0.3 is 0 Å². The molecule has 1 aromatic carbocycles. The molecule has 1 N–H and O–H groups in total. The van der Waals surface area contributed by atoms with E-state index < -0.39 is 17.3 Å². The van der Waals surface area contributed by atoms with Gasteiger partial charge in [0.05, 0.1) is 18.8 Å². The van der Waals surface area contributed by atoms with E-state index in [-0.39, 0.29) is 18.7 Å². The van der Waals surface area contributed by atoms with Gasteiger partial charge in [0.25, 0.3) is 11.5 Å². The zero-order valence-corrected chi connectivity index (χ0v) is 15.4. The molecule has 3 heterocycles. The van der Waals surface area contributed by atoms with Gasteiger partial charge in [0.15, 0.2) is 0 Å². The Morgan fingerprint density at radius 2 is 1.79 bits per heavy atom. The van der Waals surface area contributed by atoms with E-state index in [4.69, 9.17) is 0 Å². The first-order chi connectivity index (χ1) is 14.1. The van der Waals surface area contributed by atoms with Gasteiger partial charge in [-0.05, 0) is 36.4 Å².